The van der Waals surface area contributed by atoms with E-state index in [9.17, 15) is 23.2 Å². The lowest BCUT2D eigenvalue weighted by atomic mass is 9.80. The molecule has 194 valence electrons. The summed E-state index contributed by atoms with van der Waals surface area (Å²) in [6, 6.07) is 2.18. The lowest BCUT2D eigenvalue weighted by Crippen LogP contribution is -2.58. The van der Waals surface area contributed by atoms with Crippen LogP contribution in [0.25, 0.3) is 0 Å². The summed E-state index contributed by atoms with van der Waals surface area (Å²) in [7, 11) is 0. The molecule has 1 saturated carbocycles. The molecule has 3 amide bonds. The second-order valence-electron chi connectivity index (χ2n) is 10.0. The van der Waals surface area contributed by atoms with E-state index in [4.69, 9.17) is 5.73 Å². The molecule has 9 heteroatoms. The van der Waals surface area contributed by atoms with Gasteiger partial charge in [-0.3, -0.25) is 19.3 Å². The maximum atomic E-state index is 14.1. The summed E-state index contributed by atoms with van der Waals surface area (Å²) in [5.41, 5.74) is 5.55. The molecule has 1 aromatic carbocycles. The van der Waals surface area contributed by atoms with Gasteiger partial charge in [0.2, 0.25) is 11.8 Å². The maximum Gasteiger partial charge on any atom is 0.256 e. The van der Waals surface area contributed by atoms with Gasteiger partial charge in [-0.05, 0) is 30.9 Å². The van der Waals surface area contributed by atoms with Crippen LogP contribution < -0.4 is 11.1 Å². The van der Waals surface area contributed by atoms with Crippen LogP contribution in [0, 0.1) is 29.4 Å². The fourth-order valence-corrected chi connectivity index (χ4v) is 5.71. The molecule has 3 aliphatic rings. The van der Waals surface area contributed by atoms with E-state index in [0.717, 1.165) is 31.7 Å². The third kappa shape index (κ3) is 5.67. The van der Waals surface area contributed by atoms with Crippen LogP contribution in [-0.2, 0) is 9.59 Å². The van der Waals surface area contributed by atoms with Crippen molar-refractivity contribution in [2.24, 2.45) is 23.5 Å². The van der Waals surface area contributed by atoms with Crippen LogP contribution in [-0.4, -0.2) is 65.8 Å². The molecule has 5 atom stereocenters. The van der Waals surface area contributed by atoms with Crippen LogP contribution in [0.4, 0.5) is 8.78 Å². The highest BCUT2D eigenvalue weighted by Gasteiger charge is 2.39. The first kappa shape index (κ1) is 26.0. The number of carbonyl (C=O) groups is 3. The van der Waals surface area contributed by atoms with Gasteiger partial charge in [0.05, 0.1) is 11.5 Å². The van der Waals surface area contributed by atoms with Crippen molar-refractivity contribution in [1.82, 2.24) is 15.1 Å². The summed E-state index contributed by atoms with van der Waals surface area (Å²) in [6.45, 7) is 3.88. The van der Waals surface area contributed by atoms with E-state index in [1.807, 2.05) is 31.2 Å². The van der Waals surface area contributed by atoms with Gasteiger partial charge in [-0.15, -0.1) is 0 Å². The third-order valence-corrected chi connectivity index (χ3v) is 7.75. The van der Waals surface area contributed by atoms with E-state index >= 15 is 0 Å². The van der Waals surface area contributed by atoms with Gasteiger partial charge in [0, 0.05) is 44.2 Å². The molecular formula is C27H34F2N4O3. The molecule has 2 fully saturated rings. The van der Waals surface area contributed by atoms with Gasteiger partial charge in [0.25, 0.3) is 5.91 Å². The van der Waals surface area contributed by atoms with Crippen molar-refractivity contribution < 1.29 is 23.2 Å². The van der Waals surface area contributed by atoms with Crippen molar-refractivity contribution in [3.63, 3.8) is 0 Å². The highest BCUT2D eigenvalue weighted by molar-refractivity contribution is 5.94. The number of amides is 3. The zero-order valence-corrected chi connectivity index (χ0v) is 20.5. The minimum Gasteiger partial charge on any atom is -0.368 e. The second-order valence-corrected chi connectivity index (χ2v) is 10.0. The average molecular weight is 501 g/mol. The number of allylic oxidation sites excluding steroid dienone is 3. The SMILES string of the molecule is CC1C=CC=CC1[C@H](NC(=O)[C@@H]1CCCC[C@H]1N1CCN(C(=O)c2ccc(F)cc2F)CC1)C(N)=O. The zero-order valence-electron chi connectivity index (χ0n) is 20.5. The van der Waals surface area contributed by atoms with Gasteiger partial charge in [-0.1, -0.05) is 44.1 Å². The Hall–Kier alpha value is -3.07. The van der Waals surface area contributed by atoms with Crippen LogP contribution in [0.1, 0.15) is 43.0 Å². The lowest BCUT2D eigenvalue weighted by Gasteiger charge is -2.44. The summed E-state index contributed by atoms with van der Waals surface area (Å²) >= 11 is 0. The molecule has 1 heterocycles. The number of rotatable bonds is 6. The van der Waals surface area contributed by atoms with Crippen LogP contribution in [0.2, 0.25) is 0 Å². The molecule has 1 saturated heterocycles. The molecule has 3 N–H and O–H groups in total. The molecule has 2 unspecified atom stereocenters. The van der Waals surface area contributed by atoms with Crippen LogP contribution >= 0.6 is 0 Å². The normalized spacial score (nSPS) is 27.5. The van der Waals surface area contributed by atoms with Crippen LogP contribution in [0.3, 0.4) is 0 Å². The number of nitrogens with one attached hydrogen (secondary N) is 1. The van der Waals surface area contributed by atoms with E-state index in [1.165, 1.54) is 6.07 Å². The number of nitrogens with two attached hydrogens (primary N) is 1. The molecule has 4 rings (SSSR count). The van der Waals surface area contributed by atoms with Crippen molar-refractivity contribution >= 4 is 17.7 Å². The molecule has 1 aromatic rings. The predicted molar refractivity (Wildman–Crippen MR) is 132 cm³/mol. The van der Waals surface area contributed by atoms with Crippen molar-refractivity contribution in [3.05, 3.63) is 59.7 Å². The quantitative estimate of drug-likeness (QED) is 0.628. The second kappa shape index (κ2) is 11.3. The third-order valence-electron chi connectivity index (χ3n) is 7.75. The molecular weight excluding hydrogens is 466 g/mol. The number of hydrogen-bond acceptors (Lipinski definition) is 4. The smallest absolute Gasteiger partial charge is 0.256 e. The van der Waals surface area contributed by atoms with Gasteiger partial charge in [0.1, 0.15) is 17.7 Å². The fourth-order valence-electron chi connectivity index (χ4n) is 5.71. The summed E-state index contributed by atoms with van der Waals surface area (Å²) in [5.74, 6) is -3.16. The van der Waals surface area contributed by atoms with Crippen LogP contribution in [0.5, 0.6) is 0 Å². The number of primary amides is 1. The Morgan fingerprint density at radius 1 is 1.03 bits per heavy atom. The minimum absolute atomic E-state index is 0.00805. The van der Waals surface area contributed by atoms with Gasteiger partial charge in [-0.2, -0.15) is 0 Å². The minimum atomic E-state index is -0.868. The van der Waals surface area contributed by atoms with Gasteiger partial charge in [0.15, 0.2) is 0 Å². The van der Waals surface area contributed by atoms with E-state index in [-0.39, 0.29) is 35.3 Å². The van der Waals surface area contributed by atoms with Crippen molar-refractivity contribution in [1.29, 1.82) is 0 Å². The van der Waals surface area contributed by atoms with E-state index in [2.05, 4.69) is 10.2 Å². The zero-order chi connectivity index (χ0) is 25.8. The number of piperazine rings is 1. The maximum absolute atomic E-state index is 14.1. The van der Waals surface area contributed by atoms with Crippen molar-refractivity contribution in [3.8, 4) is 0 Å². The van der Waals surface area contributed by atoms with Crippen molar-refractivity contribution in [2.75, 3.05) is 26.2 Å². The van der Waals surface area contributed by atoms with Gasteiger partial charge >= 0.3 is 0 Å². The number of halogens is 2. The summed E-state index contributed by atoms with van der Waals surface area (Å²) < 4.78 is 27.3. The molecule has 1 aliphatic heterocycles. The number of nitrogens with zero attached hydrogens (tertiary/aromatic N) is 2. The summed E-state index contributed by atoms with van der Waals surface area (Å²) in [4.78, 5) is 42.2. The molecule has 0 bridgehead atoms. The Morgan fingerprint density at radius 3 is 2.39 bits per heavy atom. The molecule has 36 heavy (non-hydrogen) atoms. The first-order valence-electron chi connectivity index (χ1n) is 12.7. The molecule has 0 radical (unpaired) electrons. The van der Waals surface area contributed by atoms with Gasteiger partial charge < -0.3 is 16.0 Å². The van der Waals surface area contributed by atoms with Gasteiger partial charge in [-0.25, -0.2) is 8.78 Å². The highest BCUT2D eigenvalue weighted by Crippen LogP contribution is 2.31. The Morgan fingerprint density at radius 2 is 1.72 bits per heavy atom. The van der Waals surface area contributed by atoms with E-state index < -0.39 is 29.5 Å². The summed E-state index contributed by atoms with van der Waals surface area (Å²) in [5, 5.41) is 2.95. The topological polar surface area (TPSA) is 95.7 Å². The first-order valence-corrected chi connectivity index (χ1v) is 12.7. The van der Waals surface area contributed by atoms with Crippen LogP contribution in [0.15, 0.2) is 42.5 Å². The average Bonchev–Trinajstić information content (AvgIpc) is 2.87. The summed E-state index contributed by atoms with van der Waals surface area (Å²) in [6.07, 6.45) is 11.2. The standard InChI is InChI=1S/C27H34F2N4O3/c1-17-6-2-3-7-19(17)24(25(30)34)31-26(35)21-8-4-5-9-23(21)32-12-14-33(15-13-32)27(36)20-11-10-18(28)16-22(20)29/h2-3,6-7,10-11,16-17,19,21,23-24H,4-5,8-9,12-15H2,1H3,(H2,30,34)(H,31,35)/t17?,19?,21-,23-,24+/m1/s1. The Balaban J connectivity index is 1.40. The molecule has 2 aliphatic carbocycles. The number of hydrogen-bond donors (Lipinski definition) is 2. The largest absolute Gasteiger partial charge is 0.368 e. The molecule has 0 spiro atoms. The Bertz CT molecular complexity index is 1050. The fraction of sp³-hybridized carbons (Fsp3) is 0.519. The number of carbonyl (C=O) groups excluding carboxylic acids is 3. The van der Waals surface area contributed by atoms with E-state index in [0.29, 0.717) is 32.2 Å². The predicted octanol–water partition coefficient (Wildman–Crippen LogP) is 2.63. The Kier molecular flexibility index (Phi) is 8.18. The Labute approximate surface area is 210 Å². The van der Waals surface area contributed by atoms with E-state index in [1.54, 1.807) is 4.90 Å². The molecule has 0 aromatic heterocycles. The number of benzene rings is 1. The molecule has 7 nitrogen and oxygen atoms in total. The first-order chi connectivity index (χ1) is 17.3. The highest BCUT2D eigenvalue weighted by atomic mass is 19.1. The van der Waals surface area contributed by atoms with Crippen molar-refractivity contribution in [2.45, 2.75) is 44.7 Å². The lowest BCUT2D eigenvalue weighted by molar-refractivity contribution is -0.133. The monoisotopic (exact) mass is 500 g/mol.